The van der Waals surface area contributed by atoms with E-state index < -0.39 is 6.09 Å². The van der Waals surface area contributed by atoms with Gasteiger partial charge in [-0.25, -0.2) is 9.69 Å². The fourth-order valence-electron chi connectivity index (χ4n) is 5.07. The maximum absolute atomic E-state index is 13.1. The molecular weight excluding hydrogens is 362 g/mol. The van der Waals surface area contributed by atoms with E-state index >= 15 is 0 Å². The number of imide groups is 1. The van der Waals surface area contributed by atoms with Crippen LogP contribution in [-0.4, -0.2) is 23.0 Å². The quantitative estimate of drug-likeness (QED) is 0.657. The molecule has 4 nitrogen and oxygen atoms in total. The number of nitrogens with zero attached hydrogens (tertiary/aromatic N) is 1. The zero-order valence-corrected chi connectivity index (χ0v) is 17.4. The Kier molecular flexibility index (Phi) is 5.20. The molecule has 0 unspecified atom stereocenters. The highest BCUT2D eigenvalue weighted by Crippen LogP contribution is 2.43. The number of carbonyl (C=O) groups is 2. The lowest BCUT2D eigenvalue weighted by atomic mass is 9.66. The minimum atomic E-state index is -0.514. The first-order valence-electron chi connectivity index (χ1n) is 10.6. The van der Waals surface area contributed by atoms with E-state index in [0.717, 1.165) is 31.2 Å². The molecule has 152 valence electrons. The first-order chi connectivity index (χ1) is 13.9. The van der Waals surface area contributed by atoms with Gasteiger partial charge in [0.25, 0.3) is 5.91 Å². The summed E-state index contributed by atoms with van der Waals surface area (Å²) < 4.78 is 6.03. The van der Waals surface area contributed by atoms with Gasteiger partial charge >= 0.3 is 6.09 Å². The monoisotopic (exact) mass is 391 g/mol. The van der Waals surface area contributed by atoms with Gasteiger partial charge in [-0.15, -0.1) is 0 Å². The Bertz CT molecular complexity index is 905. The van der Waals surface area contributed by atoms with E-state index in [9.17, 15) is 9.59 Å². The highest BCUT2D eigenvalue weighted by Gasteiger charge is 2.44. The third-order valence-electron chi connectivity index (χ3n) is 6.84. The summed E-state index contributed by atoms with van der Waals surface area (Å²) in [5, 5.41) is 0. The molecule has 2 aromatic rings. The van der Waals surface area contributed by atoms with Crippen LogP contribution in [0.4, 0.5) is 4.79 Å². The third-order valence-corrected chi connectivity index (χ3v) is 6.84. The molecule has 1 fully saturated rings. The van der Waals surface area contributed by atoms with Gasteiger partial charge in [0.15, 0.2) is 0 Å². The topological polar surface area (TPSA) is 46.6 Å². The number of hydrogen-bond donors (Lipinski definition) is 0. The first-order valence-corrected chi connectivity index (χ1v) is 10.6. The molecule has 2 aromatic carbocycles. The average molecular weight is 392 g/mol. The summed E-state index contributed by atoms with van der Waals surface area (Å²) in [7, 11) is 0. The van der Waals surface area contributed by atoms with Crippen molar-refractivity contribution in [3.63, 3.8) is 0 Å². The van der Waals surface area contributed by atoms with Crippen molar-refractivity contribution in [3.05, 3.63) is 71.3 Å². The highest BCUT2D eigenvalue weighted by molar-refractivity contribution is 6.07. The van der Waals surface area contributed by atoms with Gasteiger partial charge in [-0.2, -0.15) is 0 Å². The van der Waals surface area contributed by atoms with Gasteiger partial charge < -0.3 is 4.74 Å². The Hall–Kier alpha value is -2.62. The van der Waals surface area contributed by atoms with Crippen LogP contribution < -0.4 is 0 Å². The Balaban J connectivity index is 1.55. The Morgan fingerprint density at radius 3 is 2.38 bits per heavy atom. The normalized spacial score (nSPS) is 24.3. The molecular formula is C25H29NO3. The summed E-state index contributed by atoms with van der Waals surface area (Å²) in [5.41, 5.74) is 2.63. The van der Waals surface area contributed by atoms with E-state index in [2.05, 4.69) is 38.1 Å². The van der Waals surface area contributed by atoms with Gasteiger partial charge in [0.2, 0.25) is 0 Å². The van der Waals surface area contributed by atoms with Gasteiger partial charge in [-0.05, 0) is 48.8 Å². The zero-order chi connectivity index (χ0) is 20.6. The van der Waals surface area contributed by atoms with Crippen LogP contribution in [-0.2, 0) is 10.2 Å². The van der Waals surface area contributed by atoms with Crippen LogP contribution in [0.3, 0.4) is 0 Å². The molecule has 2 aliphatic rings. The minimum Gasteiger partial charge on any atom is -0.445 e. The van der Waals surface area contributed by atoms with E-state index in [1.807, 2.05) is 31.2 Å². The smallest absolute Gasteiger partial charge is 0.417 e. The molecule has 1 aliphatic heterocycles. The molecule has 1 aliphatic carbocycles. The van der Waals surface area contributed by atoms with Gasteiger partial charge in [0.1, 0.15) is 6.10 Å². The number of hydrogen-bond acceptors (Lipinski definition) is 3. The van der Waals surface area contributed by atoms with Crippen LogP contribution in [0.2, 0.25) is 0 Å². The molecule has 0 aromatic heterocycles. The Morgan fingerprint density at radius 2 is 1.66 bits per heavy atom. The van der Waals surface area contributed by atoms with E-state index in [-0.39, 0.29) is 29.4 Å². The maximum Gasteiger partial charge on any atom is 0.417 e. The van der Waals surface area contributed by atoms with Gasteiger partial charge in [0, 0.05) is 11.5 Å². The van der Waals surface area contributed by atoms with Gasteiger partial charge in [-0.3, -0.25) is 4.79 Å². The van der Waals surface area contributed by atoms with Crippen molar-refractivity contribution in [1.82, 2.24) is 4.90 Å². The second kappa shape index (κ2) is 7.66. The molecule has 1 saturated carbocycles. The zero-order valence-electron chi connectivity index (χ0n) is 17.4. The number of carbonyl (C=O) groups excluding carboxylic acids is 2. The molecule has 1 heterocycles. The standard InChI is InChI=1S/C25H29NO3/c1-17-19-13-7-8-14-20(19)23(27)26(17)24(28)29-22-16-10-9-15-21(22)25(2,3)18-11-5-4-6-12-18/h4-8,11-14,17,21-22H,9-10,15-16H2,1-3H3/t17-,21+,22+/m1/s1. The Labute approximate surface area is 172 Å². The van der Waals surface area contributed by atoms with Crippen LogP contribution in [0.25, 0.3) is 0 Å². The first kappa shape index (κ1) is 19.7. The van der Waals surface area contributed by atoms with Crippen molar-refractivity contribution in [2.75, 3.05) is 0 Å². The summed E-state index contributed by atoms with van der Waals surface area (Å²) in [6.07, 6.45) is 3.34. The van der Waals surface area contributed by atoms with Crippen LogP contribution >= 0.6 is 0 Å². The molecule has 0 N–H and O–H groups in total. The van der Waals surface area contributed by atoms with Gasteiger partial charge in [0.05, 0.1) is 6.04 Å². The summed E-state index contributed by atoms with van der Waals surface area (Å²) in [6, 6.07) is 17.6. The lowest BCUT2D eigenvalue weighted by Crippen LogP contribution is -2.44. The van der Waals surface area contributed by atoms with Crippen molar-refractivity contribution < 1.29 is 14.3 Å². The fraction of sp³-hybridized carbons (Fsp3) is 0.440. The molecule has 0 radical (unpaired) electrons. The van der Waals surface area contributed by atoms with Gasteiger partial charge in [-0.1, -0.05) is 68.8 Å². The minimum absolute atomic E-state index is 0.115. The van der Waals surface area contributed by atoms with Crippen molar-refractivity contribution in [1.29, 1.82) is 0 Å². The molecule has 3 atom stereocenters. The number of rotatable bonds is 3. The number of amides is 2. The number of benzene rings is 2. The van der Waals surface area contributed by atoms with Crippen molar-refractivity contribution in [3.8, 4) is 0 Å². The molecule has 4 rings (SSSR count). The molecule has 29 heavy (non-hydrogen) atoms. The molecule has 0 bridgehead atoms. The van der Waals surface area contributed by atoms with Crippen LogP contribution in [0.1, 0.15) is 74.0 Å². The second-order valence-electron chi connectivity index (χ2n) is 8.84. The van der Waals surface area contributed by atoms with Crippen LogP contribution in [0.15, 0.2) is 54.6 Å². The number of ether oxygens (including phenoxy) is 1. The SMILES string of the molecule is C[C@@H]1c2ccccc2C(=O)N1C(=O)O[C@H]1CCCC[C@@H]1C(C)(C)c1ccccc1. The summed E-state index contributed by atoms with van der Waals surface area (Å²) >= 11 is 0. The van der Waals surface area contributed by atoms with E-state index in [0.29, 0.717) is 5.56 Å². The van der Waals surface area contributed by atoms with E-state index in [1.165, 1.54) is 10.5 Å². The highest BCUT2D eigenvalue weighted by atomic mass is 16.6. The summed E-state index contributed by atoms with van der Waals surface area (Å²) in [6.45, 7) is 6.36. The largest absolute Gasteiger partial charge is 0.445 e. The maximum atomic E-state index is 13.1. The second-order valence-corrected chi connectivity index (χ2v) is 8.84. The predicted octanol–water partition coefficient (Wildman–Crippen LogP) is 5.88. The lowest BCUT2D eigenvalue weighted by molar-refractivity contribution is -0.00703. The summed E-state index contributed by atoms with van der Waals surface area (Å²) in [4.78, 5) is 27.2. The number of fused-ring (bicyclic) bond motifs is 1. The third kappa shape index (κ3) is 3.45. The molecule has 4 heteroatoms. The Morgan fingerprint density at radius 1 is 1.00 bits per heavy atom. The van der Waals surface area contributed by atoms with Crippen molar-refractivity contribution >= 4 is 12.0 Å². The molecule has 0 saturated heterocycles. The molecule has 2 amide bonds. The van der Waals surface area contributed by atoms with E-state index in [1.54, 1.807) is 6.07 Å². The lowest BCUT2D eigenvalue weighted by Gasteiger charge is -2.42. The predicted molar refractivity (Wildman–Crippen MR) is 113 cm³/mol. The van der Waals surface area contributed by atoms with Crippen LogP contribution in [0.5, 0.6) is 0 Å². The van der Waals surface area contributed by atoms with E-state index in [4.69, 9.17) is 4.74 Å². The average Bonchev–Trinajstić information content (AvgIpc) is 2.99. The van der Waals surface area contributed by atoms with Crippen LogP contribution in [0, 0.1) is 5.92 Å². The van der Waals surface area contributed by atoms with Crippen molar-refractivity contribution in [2.45, 2.75) is 64.0 Å². The fourth-order valence-corrected chi connectivity index (χ4v) is 5.07. The van der Waals surface area contributed by atoms with Crippen molar-refractivity contribution in [2.24, 2.45) is 5.92 Å². The summed E-state index contributed by atoms with van der Waals surface area (Å²) in [5.74, 6) is -0.0363. The molecule has 0 spiro atoms.